The van der Waals surface area contributed by atoms with E-state index in [1.54, 1.807) is 12.1 Å². The summed E-state index contributed by atoms with van der Waals surface area (Å²) in [5.41, 5.74) is 5.89. The zero-order valence-electron chi connectivity index (χ0n) is 10.2. The van der Waals surface area contributed by atoms with Gasteiger partial charge in [0.2, 0.25) is 0 Å². The van der Waals surface area contributed by atoms with Gasteiger partial charge in [0.1, 0.15) is 5.75 Å². The highest BCUT2D eigenvalue weighted by atomic mass is 19.4. The highest BCUT2D eigenvalue weighted by molar-refractivity contribution is 5.33. The van der Waals surface area contributed by atoms with Crippen molar-refractivity contribution in [3.05, 3.63) is 29.8 Å². The van der Waals surface area contributed by atoms with Gasteiger partial charge in [-0.3, -0.25) is 0 Å². The van der Waals surface area contributed by atoms with Crippen molar-refractivity contribution in [2.45, 2.75) is 19.3 Å². The Kier molecular flexibility index (Phi) is 5.43. The molecule has 0 bridgehead atoms. The van der Waals surface area contributed by atoms with E-state index < -0.39 is 6.36 Å². The number of hydrogen-bond donors (Lipinski definition) is 1. The third kappa shape index (κ3) is 5.37. The number of ether oxygens (including phenoxy) is 1. The maximum atomic E-state index is 12.2. The summed E-state index contributed by atoms with van der Waals surface area (Å²) in [4.78, 5) is 1.91. The van der Waals surface area contributed by atoms with Crippen LogP contribution in [0.25, 0.3) is 0 Å². The van der Waals surface area contributed by atoms with Gasteiger partial charge < -0.3 is 15.4 Å². The molecule has 0 saturated heterocycles. The molecule has 1 aromatic rings. The first-order valence-corrected chi connectivity index (χ1v) is 5.64. The number of benzene rings is 1. The standard InChI is InChI=1S/C12H17F3N2O/c1-17(8-4-7-16)9-10-5-2-3-6-11(10)18-12(13,14)15/h2-3,5-6H,4,7-9,16H2,1H3. The van der Waals surface area contributed by atoms with Gasteiger partial charge in [-0.2, -0.15) is 0 Å². The van der Waals surface area contributed by atoms with Gasteiger partial charge in [-0.25, -0.2) is 0 Å². The van der Waals surface area contributed by atoms with E-state index in [0.29, 0.717) is 18.7 Å². The average molecular weight is 262 g/mol. The summed E-state index contributed by atoms with van der Waals surface area (Å²) < 4.78 is 40.6. The molecular weight excluding hydrogens is 245 g/mol. The zero-order valence-corrected chi connectivity index (χ0v) is 10.2. The van der Waals surface area contributed by atoms with Crippen molar-refractivity contribution in [3.8, 4) is 5.75 Å². The molecule has 102 valence electrons. The fourth-order valence-corrected chi connectivity index (χ4v) is 1.59. The molecule has 1 aromatic carbocycles. The Bertz CT molecular complexity index is 369. The second-order valence-electron chi connectivity index (χ2n) is 4.04. The van der Waals surface area contributed by atoms with E-state index in [0.717, 1.165) is 13.0 Å². The lowest BCUT2D eigenvalue weighted by Gasteiger charge is -2.19. The minimum atomic E-state index is -4.66. The Labute approximate surface area is 104 Å². The molecule has 18 heavy (non-hydrogen) atoms. The molecule has 0 aliphatic carbocycles. The average Bonchev–Trinajstić information content (AvgIpc) is 2.27. The van der Waals surface area contributed by atoms with Crippen molar-refractivity contribution in [3.63, 3.8) is 0 Å². The number of nitrogens with two attached hydrogens (primary N) is 1. The smallest absolute Gasteiger partial charge is 0.405 e. The van der Waals surface area contributed by atoms with Gasteiger partial charge in [0.05, 0.1) is 0 Å². The topological polar surface area (TPSA) is 38.5 Å². The monoisotopic (exact) mass is 262 g/mol. The molecule has 0 fully saturated rings. The molecule has 0 spiro atoms. The first-order valence-electron chi connectivity index (χ1n) is 5.64. The summed E-state index contributed by atoms with van der Waals surface area (Å²) in [6.07, 6.45) is -3.86. The van der Waals surface area contributed by atoms with E-state index in [-0.39, 0.29) is 5.75 Å². The third-order valence-electron chi connectivity index (χ3n) is 2.38. The van der Waals surface area contributed by atoms with Gasteiger partial charge in [-0.15, -0.1) is 13.2 Å². The molecule has 0 unspecified atom stereocenters. The number of nitrogens with zero attached hydrogens (tertiary/aromatic N) is 1. The minimum absolute atomic E-state index is 0.149. The Balaban J connectivity index is 2.70. The molecular formula is C12H17F3N2O. The van der Waals surface area contributed by atoms with Crippen LogP contribution >= 0.6 is 0 Å². The van der Waals surface area contributed by atoms with Crippen LogP contribution in [0.3, 0.4) is 0 Å². The summed E-state index contributed by atoms with van der Waals surface area (Å²) in [7, 11) is 1.83. The summed E-state index contributed by atoms with van der Waals surface area (Å²) in [6.45, 7) is 1.69. The van der Waals surface area contributed by atoms with Crippen LogP contribution in [0, 0.1) is 0 Å². The Morgan fingerprint density at radius 3 is 2.56 bits per heavy atom. The number of halogens is 3. The van der Waals surface area contributed by atoms with Gasteiger partial charge in [0.15, 0.2) is 0 Å². The summed E-state index contributed by atoms with van der Waals surface area (Å²) in [5, 5.41) is 0. The van der Waals surface area contributed by atoms with Crippen molar-refractivity contribution in [2.75, 3.05) is 20.1 Å². The van der Waals surface area contributed by atoms with Crippen molar-refractivity contribution in [1.82, 2.24) is 4.90 Å². The lowest BCUT2D eigenvalue weighted by molar-refractivity contribution is -0.275. The van der Waals surface area contributed by atoms with E-state index in [4.69, 9.17) is 5.73 Å². The number of alkyl halides is 3. The second kappa shape index (κ2) is 6.61. The highest BCUT2D eigenvalue weighted by Gasteiger charge is 2.31. The lowest BCUT2D eigenvalue weighted by Crippen LogP contribution is -2.23. The predicted octanol–water partition coefficient (Wildman–Crippen LogP) is 2.37. The fourth-order valence-electron chi connectivity index (χ4n) is 1.59. The summed E-state index contributed by atoms with van der Waals surface area (Å²) in [5.74, 6) is -0.149. The van der Waals surface area contributed by atoms with Crippen LogP contribution in [-0.4, -0.2) is 31.4 Å². The fraction of sp³-hybridized carbons (Fsp3) is 0.500. The Morgan fingerprint density at radius 2 is 1.94 bits per heavy atom. The van der Waals surface area contributed by atoms with Crippen LogP contribution in [0.4, 0.5) is 13.2 Å². The molecule has 3 nitrogen and oxygen atoms in total. The molecule has 1 rings (SSSR count). The molecule has 0 amide bonds. The van der Waals surface area contributed by atoms with Crippen LogP contribution in [0.2, 0.25) is 0 Å². The molecule has 2 N–H and O–H groups in total. The van der Waals surface area contributed by atoms with Crippen molar-refractivity contribution >= 4 is 0 Å². The molecule has 0 heterocycles. The minimum Gasteiger partial charge on any atom is -0.405 e. The zero-order chi connectivity index (χ0) is 13.6. The van der Waals surface area contributed by atoms with Crippen LogP contribution in [-0.2, 0) is 6.54 Å². The van der Waals surface area contributed by atoms with E-state index in [1.807, 2.05) is 11.9 Å². The van der Waals surface area contributed by atoms with Gasteiger partial charge in [-0.05, 0) is 32.6 Å². The molecule has 0 atom stereocenters. The van der Waals surface area contributed by atoms with E-state index in [9.17, 15) is 13.2 Å². The maximum absolute atomic E-state index is 12.2. The molecule has 0 saturated carbocycles. The Hall–Kier alpha value is -1.27. The largest absolute Gasteiger partial charge is 0.573 e. The van der Waals surface area contributed by atoms with Crippen LogP contribution in [0.15, 0.2) is 24.3 Å². The number of hydrogen-bond acceptors (Lipinski definition) is 3. The number of para-hydroxylation sites is 1. The predicted molar refractivity (Wildman–Crippen MR) is 63.1 cm³/mol. The quantitative estimate of drug-likeness (QED) is 0.855. The molecule has 0 radical (unpaired) electrons. The SMILES string of the molecule is CN(CCCN)Cc1ccccc1OC(F)(F)F. The normalized spacial score (nSPS) is 11.9. The van der Waals surface area contributed by atoms with E-state index >= 15 is 0 Å². The first kappa shape index (κ1) is 14.8. The van der Waals surface area contributed by atoms with Crippen molar-refractivity contribution in [2.24, 2.45) is 5.73 Å². The van der Waals surface area contributed by atoms with E-state index in [1.165, 1.54) is 12.1 Å². The van der Waals surface area contributed by atoms with Gasteiger partial charge in [0.25, 0.3) is 0 Å². The third-order valence-corrected chi connectivity index (χ3v) is 2.38. The summed E-state index contributed by atoms with van der Waals surface area (Å²) >= 11 is 0. The van der Waals surface area contributed by atoms with Crippen LogP contribution in [0.5, 0.6) is 5.75 Å². The molecule has 0 aromatic heterocycles. The number of rotatable bonds is 6. The molecule has 6 heteroatoms. The van der Waals surface area contributed by atoms with Gasteiger partial charge in [-0.1, -0.05) is 18.2 Å². The van der Waals surface area contributed by atoms with Gasteiger partial charge in [0, 0.05) is 12.1 Å². The van der Waals surface area contributed by atoms with Crippen molar-refractivity contribution < 1.29 is 17.9 Å². The highest BCUT2D eigenvalue weighted by Crippen LogP contribution is 2.26. The van der Waals surface area contributed by atoms with Gasteiger partial charge >= 0.3 is 6.36 Å². The Morgan fingerprint density at radius 1 is 1.28 bits per heavy atom. The summed E-state index contributed by atoms with van der Waals surface area (Å²) in [6, 6.07) is 6.15. The van der Waals surface area contributed by atoms with Crippen LogP contribution < -0.4 is 10.5 Å². The maximum Gasteiger partial charge on any atom is 0.573 e. The second-order valence-corrected chi connectivity index (χ2v) is 4.04. The molecule has 0 aliphatic rings. The van der Waals surface area contributed by atoms with Crippen molar-refractivity contribution in [1.29, 1.82) is 0 Å². The molecule has 0 aliphatic heterocycles. The lowest BCUT2D eigenvalue weighted by atomic mass is 10.2. The van der Waals surface area contributed by atoms with Crippen LogP contribution in [0.1, 0.15) is 12.0 Å². The first-order chi connectivity index (χ1) is 8.42. The van der Waals surface area contributed by atoms with E-state index in [2.05, 4.69) is 4.74 Å².